The van der Waals surface area contributed by atoms with Crippen LogP contribution in [0.15, 0.2) is 46.9 Å². The molecule has 2 rings (SSSR count). The van der Waals surface area contributed by atoms with Crippen molar-refractivity contribution in [1.29, 1.82) is 0 Å². The zero-order valence-corrected chi connectivity index (χ0v) is 13.1. The van der Waals surface area contributed by atoms with Crippen molar-refractivity contribution in [3.63, 3.8) is 0 Å². The first kappa shape index (κ1) is 15.3. The minimum Gasteiger partial charge on any atom is -0.492 e. The number of hydrogen-bond donors (Lipinski definition) is 1. The second-order valence-electron chi connectivity index (χ2n) is 4.54. The number of nitro benzene ring substituents is 1. The van der Waals surface area contributed by atoms with Crippen molar-refractivity contribution in [3.05, 3.63) is 62.6 Å². The van der Waals surface area contributed by atoms with Crippen LogP contribution in [0.4, 0.5) is 11.4 Å². The van der Waals surface area contributed by atoms with Gasteiger partial charge in [-0.3, -0.25) is 10.1 Å². The Kier molecular flexibility index (Phi) is 5.16. The Morgan fingerprint density at radius 1 is 1.24 bits per heavy atom. The van der Waals surface area contributed by atoms with Gasteiger partial charge in [0.1, 0.15) is 12.4 Å². The second-order valence-corrected chi connectivity index (χ2v) is 5.46. The number of ether oxygens (including phenoxy) is 1. The van der Waals surface area contributed by atoms with Crippen molar-refractivity contribution in [2.45, 2.75) is 6.92 Å². The number of rotatable bonds is 6. The van der Waals surface area contributed by atoms with Crippen molar-refractivity contribution >= 4 is 27.3 Å². The maximum absolute atomic E-state index is 10.5. The van der Waals surface area contributed by atoms with Gasteiger partial charge >= 0.3 is 0 Å². The van der Waals surface area contributed by atoms with Gasteiger partial charge in [-0.2, -0.15) is 0 Å². The molecule has 0 spiro atoms. The summed E-state index contributed by atoms with van der Waals surface area (Å²) in [7, 11) is 0. The molecule has 2 aromatic rings. The SMILES string of the molecule is Cc1cc(Br)cc(NCCOc2ccc([N+](=O)[O-])cc2)c1. The van der Waals surface area contributed by atoms with Crippen molar-refractivity contribution in [3.8, 4) is 5.75 Å². The van der Waals surface area contributed by atoms with E-state index in [1.807, 2.05) is 19.1 Å². The summed E-state index contributed by atoms with van der Waals surface area (Å²) in [4.78, 5) is 10.1. The molecule has 0 aliphatic rings. The van der Waals surface area contributed by atoms with E-state index < -0.39 is 4.92 Å². The van der Waals surface area contributed by atoms with Gasteiger partial charge < -0.3 is 10.1 Å². The average Bonchev–Trinajstić information content (AvgIpc) is 2.43. The summed E-state index contributed by atoms with van der Waals surface area (Å²) in [5.74, 6) is 0.618. The Labute approximate surface area is 131 Å². The monoisotopic (exact) mass is 350 g/mol. The summed E-state index contributed by atoms with van der Waals surface area (Å²) in [5, 5.41) is 13.8. The van der Waals surface area contributed by atoms with Crippen molar-refractivity contribution < 1.29 is 9.66 Å². The van der Waals surface area contributed by atoms with Crippen LogP contribution in [0.3, 0.4) is 0 Å². The predicted molar refractivity (Wildman–Crippen MR) is 86.0 cm³/mol. The smallest absolute Gasteiger partial charge is 0.269 e. The average molecular weight is 351 g/mol. The van der Waals surface area contributed by atoms with E-state index in [0.29, 0.717) is 18.9 Å². The number of hydrogen-bond acceptors (Lipinski definition) is 4. The molecular weight excluding hydrogens is 336 g/mol. The number of halogens is 1. The minimum atomic E-state index is -0.430. The fourth-order valence-corrected chi connectivity index (χ4v) is 2.47. The van der Waals surface area contributed by atoms with Crippen LogP contribution in [-0.2, 0) is 0 Å². The van der Waals surface area contributed by atoms with Gasteiger partial charge in [0.05, 0.1) is 4.92 Å². The van der Waals surface area contributed by atoms with Crippen LogP contribution in [0.5, 0.6) is 5.75 Å². The molecule has 110 valence electrons. The fourth-order valence-electron chi connectivity index (χ4n) is 1.87. The second kappa shape index (κ2) is 7.08. The third kappa shape index (κ3) is 4.75. The third-order valence-electron chi connectivity index (χ3n) is 2.79. The largest absolute Gasteiger partial charge is 0.492 e. The van der Waals surface area contributed by atoms with E-state index in [1.54, 1.807) is 12.1 Å². The van der Waals surface area contributed by atoms with E-state index in [0.717, 1.165) is 10.2 Å². The molecule has 0 aliphatic carbocycles. The molecule has 0 aliphatic heterocycles. The van der Waals surface area contributed by atoms with E-state index in [4.69, 9.17) is 4.74 Å². The number of nitro groups is 1. The van der Waals surface area contributed by atoms with Crippen LogP contribution in [-0.4, -0.2) is 18.1 Å². The molecule has 0 unspecified atom stereocenters. The van der Waals surface area contributed by atoms with Crippen LogP contribution in [0, 0.1) is 17.0 Å². The molecule has 0 heterocycles. The summed E-state index contributed by atoms with van der Waals surface area (Å²) in [6.45, 7) is 3.15. The number of aryl methyl sites for hydroxylation is 1. The van der Waals surface area contributed by atoms with Crippen LogP contribution in [0.25, 0.3) is 0 Å². The molecule has 6 heteroatoms. The molecule has 0 saturated carbocycles. The van der Waals surface area contributed by atoms with E-state index in [-0.39, 0.29) is 5.69 Å². The highest BCUT2D eigenvalue weighted by atomic mass is 79.9. The number of nitrogens with zero attached hydrogens (tertiary/aromatic N) is 1. The first-order chi connectivity index (χ1) is 10.0. The molecule has 0 aromatic heterocycles. The lowest BCUT2D eigenvalue weighted by atomic mass is 10.2. The highest BCUT2D eigenvalue weighted by molar-refractivity contribution is 9.10. The van der Waals surface area contributed by atoms with Crippen molar-refractivity contribution in [2.75, 3.05) is 18.5 Å². The van der Waals surface area contributed by atoms with Gasteiger partial charge in [-0.25, -0.2) is 0 Å². The quantitative estimate of drug-likeness (QED) is 0.482. The lowest BCUT2D eigenvalue weighted by Crippen LogP contribution is -2.11. The molecule has 1 N–H and O–H groups in total. The maximum Gasteiger partial charge on any atom is 0.269 e. The topological polar surface area (TPSA) is 64.4 Å². The fraction of sp³-hybridized carbons (Fsp3) is 0.200. The third-order valence-corrected chi connectivity index (χ3v) is 3.25. The van der Waals surface area contributed by atoms with E-state index in [1.165, 1.54) is 17.7 Å². The Morgan fingerprint density at radius 2 is 1.95 bits per heavy atom. The number of anilines is 1. The van der Waals surface area contributed by atoms with Gasteiger partial charge in [-0.05, 0) is 42.8 Å². The number of benzene rings is 2. The van der Waals surface area contributed by atoms with Crippen molar-refractivity contribution in [1.82, 2.24) is 0 Å². The Morgan fingerprint density at radius 3 is 2.57 bits per heavy atom. The first-order valence-electron chi connectivity index (χ1n) is 6.43. The molecule has 0 bridgehead atoms. The first-order valence-corrected chi connectivity index (χ1v) is 7.22. The normalized spacial score (nSPS) is 10.2. The summed E-state index contributed by atoms with van der Waals surface area (Å²) in [6.07, 6.45) is 0. The molecule has 2 aromatic carbocycles. The molecule has 0 amide bonds. The maximum atomic E-state index is 10.5. The highest BCUT2D eigenvalue weighted by Gasteiger charge is 2.04. The van der Waals surface area contributed by atoms with E-state index >= 15 is 0 Å². The number of non-ortho nitro benzene ring substituents is 1. The summed E-state index contributed by atoms with van der Waals surface area (Å²) in [5.41, 5.74) is 2.25. The van der Waals surface area contributed by atoms with Crippen LogP contribution in [0.2, 0.25) is 0 Å². The Hall–Kier alpha value is -2.08. The summed E-state index contributed by atoms with van der Waals surface area (Å²) >= 11 is 3.45. The zero-order valence-electron chi connectivity index (χ0n) is 11.5. The van der Waals surface area contributed by atoms with Gasteiger partial charge in [0.2, 0.25) is 0 Å². The zero-order chi connectivity index (χ0) is 15.2. The lowest BCUT2D eigenvalue weighted by molar-refractivity contribution is -0.384. The van der Waals surface area contributed by atoms with Gasteiger partial charge in [-0.15, -0.1) is 0 Å². The molecule has 0 saturated heterocycles. The van der Waals surface area contributed by atoms with E-state index in [9.17, 15) is 10.1 Å². The van der Waals surface area contributed by atoms with Crippen LogP contribution in [0.1, 0.15) is 5.56 Å². The molecule has 0 radical (unpaired) electrons. The molecular formula is C15H15BrN2O3. The number of nitrogens with one attached hydrogen (secondary N) is 1. The summed E-state index contributed by atoms with van der Waals surface area (Å²) in [6, 6.07) is 12.2. The van der Waals surface area contributed by atoms with Gasteiger partial charge in [0, 0.05) is 28.8 Å². The molecule has 0 fully saturated rings. The van der Waals surface area contributed by atoms with E-state index in [2.05, 4.69) is 27.3 Å². The molecule has 21 heavy (non-hydrogen) atoms. The van der Waals surface area contributed by atoms with Crippen LogP contribution >= 0.6 is 15.9 Å². The lowest BCUT2D eigenvalue weighted by Gasteiger charge is -2.09. The standard InChI is InChI=1S/C15H15BrN2O3/c1-11-8-12(16)10-13(9-11)17-6-7-21-15-4-2-14(3-5-15)18(19)20/h2-5,8-10,17H,6-7H2,1H3. The highest BCUT2D eigenvalue weighted by Crippen LogP contribution is 2.19. The molecule has 5 nitrogen and oxygen atoms in total. The molecule has 0 atom stereocenters. The Bertz CT molecular complexity index is 609. The van der Waals surface area contributed by atoms with Gasteiger partial charge in [0.15, 0.2) is 0 Å². The van der Waals surface area contributed by atoms with Gasteiger partial charge in [-0.1, -0.05) is 15.9 Å². The van der Waals surface area contributed by atoms with Gasteiger partial charge in [0.25, 0.3) is 5.69 Å². The van der Waals surface area contributed by atoms with Crippen molar-refractivity contribution in [2.24, 2.45) is 0 Å². The summed E-state index contributed by atoms with van der Waals surface area (Å²) < 4.78 is 6.56. The Balaban J connectivity index is 1.80. The minimum absolute atomic E-state index is 0.0603. The van der Waals surface area contributed by atoms with Crippen LogP contribution < -0.4 is 10.1 Å². The predicted octanol–water partition coefficient (Wildman–Crippen LogP) is 4.16.